The average molecular weight is 223 g/mol. The van der Waals surface area contributed by atoms with Crippen LogP contribution in [0.5, 0.6) is 0 Å². The molecule has 0 heterocycles. The standard InChI is InChI=1S/C11H13NO2S/c1-4-9-7-6-8-11(10(9)5-2)15(13,14)12-3/h4-8,12H,1-2H2,3H3. The van der Waals surface area contributed by atoms with Crippen molar-refractivity contribution in [1.29, 1.82) is 0 Å². The molecular formula is C11H13NO2S. The van der Waals surface area contributed by atoms with Crippen molar-refractivity contribution in [1.82, 2.24) is 4.72 Å². The fourth-order valence-corrected chi connectivity index (χ4v) is 2.27. The van der Waals surface area contributed by atoms with E-state index in [1.165, 1.54) is 19.2 Å². The number of sulfonamides is 1. The Labute approximate surface area is 90.2 Å². The van der Waals surface area contributed by atoms with E-state index in [0.717, 1.165) is 5.56 Å². The predicted octanol–water partition coefficient (Wildman–Crippen LogP) is 1.88. The number of hydrogen-bond acceptors (Lipinski definition) is 2. The lowest BCUT2D eigenvalue weighted by Gasteiger charge is -2.08. The molecule has 0 fully saturated rings. The lowest BCUT2D eigenvalue weighted by Crippen LogP contribution is -2.19. The first kappa shape index (κ1) is 11.7. The van der Waals surface area contributed by atoms with E-state index in [0.29, 0.717) is 5.56 Å². The summed E-state index contributed by atoms with van der Waals surface area (Å²) in [5.74, 6) is 0. The highest BCUT2D eigenvalue weighted by molar-refractivity contribution is 7.89. The van der Waals surface area contributed by atoms with E-state index in [9.17, 15) is 8.42 Å². The van der Waals surface area contributed by atoms with Crippen LogP contribution in [-0.4, -0.2) is 15.5 Å². The van der Waals surface area contributed by atoms with Gasteiger partial charge in [0.1, 0.15) is 0 Å². The minimum absolute atomic E-state index is 0.220. The molecule has 0 amide bonds. The van der Waals surface area contributed by atoms with Crippen molar-refractivity contribution >= 4 is 22.2 Å². The molecule has 1 N–H and O–H groups in total. The van der Waals surface area contributed by atoms with Gasteiger partial charge < -0.3 is 0 Å². The zero-order valence-electron chi connectivity index (χ0n) is 8.53. The summed E-state index contributed by atoms with van der Waals surface area (Å²) in [7, 11) is -2.06. The summed E-state index contributed by atoms with van der Waals surface area (Å²) in [4.78, 5) is 0.220. The zero-order chi connectivity index (χ0) is 11.5. The first-order valence-electron chi connectivity index (χ1n) is 4.38. The molecule has 0 aliphatic carbocycles. The molecular weight excluding hydrogens is 210 g/mol. The first-order valence-corrected chi connectivity index (χ1v) is 5.86. The maximum atomic E-state index is 11.7. The van der Waals surface area contributed by atoms with Gasteiger partial charge in [0.15, 0.2) is 0 Å². The molecule has 3 nitrogen and oxygen atoms in total. The van der Waals surface area contributed by atoms with Gasteiger partial charge in [0.05, 0.1) is 4.90 Å². The molecule has 0 saturated carbocycles. The van der Waals surface area contributed by atoms with Gasteiger partial charge in [-0.2, -0.15) is 0 Å². The van der Waals surface area contributed by atoms with Crippen LogP contribution >= 0.6 is 0 Å². The summed E-state index contributed by atoms with van der Waals surface area (Å²) in [6.45, 7) is 7.23. The van der Waals surface area contributed by atoms with Gasteiger partial charge in [0, 0.05) is 5.56 Å². The SMILES string of the molecule is C=Cc1cccc(S(=O)(=O)NC)c1C=C. The van der Waals surface area contributed by atoms with Gasteiger partial charge >= 0.3 is 0 Å². The molecule has 0 aliphatic rings. The molecule has 0 atom stereocenters. The van der Waals surface area contributed by atoms with Gasteiger partial charge in [-0.1, -0.05) is 37.4 Å². The number of nitrogens with one attached hydrogen (secondary N) is 1. The lowest BCUT2D eigenvalue weighted by molar-refractivity contribution is 0.588. The molecule has 0 aromatic heterocycles. The van der Waals surface area contributed by atoms with E-state index in [1.807, 2.05) is 0 Å². The van der Waals surface area contributed by atoms with Crippen LogP contribution in [0.15, 0.2) is 36.3 Å². The Morgan fingerprint density at radius 1 is 1.27 bits per heavy atom. The Kier molecular flexibility index (Phi) is 3.44. The van der Waals surface area contributed by atoms with Gasteiger partial charge in [-0.15, -0.1) is 0 Å². The number of hydrogen-bond donors (Lipinski definition) is 1. The van der Waals surface area contributed by atoms with Crippen molar-refractivity contribution in [3.63, 3.8) is 0 Å². The minimum atomic E-state index is -3.44. The van der Waals surface area contributed by atoms with E-state index in [1.54, 1.807) is 18.2 Å². The van der Waals surface area contributed by atoms with E-state index in [4.69, 9.17) is 0 Å². The van der Waals surface area contributed by atoms with Crippen molar-refractivity contribution < 1.29 is 8.42 Å². The Balaban J connectivity index is 3.56. The van der Waals surface area contributed by atoms with Crippen LogP contribution < -0.4 is 4.72 Å². The summed E-state index contributed by atoms with van der Waals surface area (Å²) in [5.41, 5.74) is 1.32. The predicted molar refractivity (Wildman–Crippen MR) is 62.9 cm³/mol. The maximum absolute atomic E-state index is 11.7. The molecule has 1 aromatic carbocycles. The van der Waals surface area contributed by atoms with E-state index in [2.05, 4.69) is 17.9 Å². The first-order chi connectivity index (χ1) is 7.06. The molecule has 0 radical (unpaired) electrons. The van der Waals surface area contributed by atoms with Crippen LogP contribution in [0.4, 0.5) is 0 Å². The topological polar surface area (TPSA) is 46.2 Å². The third-order valence-corrected chi connectivity index (χ3v) is 3.55. The van der Waals surface area contributed by atoms with Crippen molar-refractivity contribution in [3.05, 3.63) is 42.5 Å². The zero-order valence-corrected chi connectivity index (χ0v) is 9.34. The normalized spacial score (nSPS) is 11.0. The molecule has 0 unspecified atom stereocenters. The Morgan fingerprint density at radius 2 is 1.93 bits per heavy atom. The molecule has 80 valence electrons. The molecule has 0 spiro atoms. The average Bonchev–Trinajstić information content (AvgIpc) is 2.27. The van der Waals surface area contributed by atoms with Crippen LogP contribution in [0.25, 0.3) is 12.2 Å². The Bertz CT molecular complexity index is 489. The van der Waals surface area contributed by atoms with Crippen LogP contribution in [0.2, 0.25) is 0 Å². The molecule has 1 rings (SSSR count). The van der Waals surface area contributed by atoms with E-state index >= 15 is 0 Å². The molecule has 0 saturated heterocycles. The fraction of sp³-hybridized carbons (Fsp3) is 0.0909. The largest absolute Gasteiger partial charge is 0.240 e. The third kappa shape index (κ3) is 2.16. The summed E-state index contributed by atoms with van der Waals surface area (Å²) in [6.07, 6.45) is 3.12. The van der Waals surface area contributed by atoms with E-state index < -0.39 is 10.0 Å². The highest BCUT2D eigenvalue weighted by Gasteiger charge is 2.15. The monoisotopic (exact) mass is 223 g/mol. The molecule has 0 bridgehead atoms. The van der Waals surface area contributed by atoms with Gasteiger partial charge in [-0.25, -0.2) is 13.1 Å². The van der Waals surface area contributed by atoms with E-state index in [-0.39, 0.29) is 4.90 Å². The summed E-state index contributed by atoms with van der Waals surface area (Å²) < 4.78 is 25.6. The second kappa shape index (κ2) is 4.42. The molecule has 1 aromatic rings. The lowest BCUT2D eigenvalue weighted by atomic mass is 10.1. The maximum Gasteiger partial charge on any atom is 0.240 e. The molecule has 15 heavy (non-hydrogen) atoms. The summed E-state index contributed by atoms with van der Waals surface area (Å²) in [5, 5.41) is 0. The molecule has 0 aliphatic heterocycles. The fourth-order valence-electron chi connectivity index (χ4n) is 1.30. The van der Waals surface area contributed by atoms with Crippen molar-refractivity contribution in [2.45, 2.75) is 4.90 Å². The van der Waals surface area contributed by atoms with Crippen molar-refractivity contribution in [3.8, 4) is 0 Å². The quantitative estimate of drug-likeness (QED) is 0.847. The van der Waals surface area contributed by atoms with Crippen molar-refractivity contribution in [2.24, 2.45) is 0 Å². The third-order valence-electron chi connectivity index (χ3n) is 2.08. The second-order valence-corrected chi connectivity index (χ2v) is 4.73. The summed E-state index contributed by atoms with van der Waals surface area (Å²) >= 11 is 0. The number of rotatable bonds is 4. The second-order valence-electron chi connectivity index (χ2n) is 2.87. The molecule has 4 heteroatoms. The minimum Gasteiger partial charge on any atom is -0.214 e. The van der Waals surface area contributed by atoms with Gasteiger partial charge in [0.25, 0.3) is 0 Å². The van der Waals surface area contributed by atoms with Gasteiger partial charge in [-0.3, -0.25) is 0 Å². The highest BCUT2D eigenvalue weighted by atomic mass is 32.2. The van der Waals surface area contributed by atoms with Crippen LogP contribution in [0, 0.1) is 0 Å². The summed E-state index contributed by atoms with van der Waals surface area (Å²) in [6, 6.07) is 5.00. The highest BCUT2D eigenvalue weighted by Crippen LogP contribution is 2.21. The van der Waals surface area contributed by atoms with Crippen LogP contribution in [0.1, 0.15) is 11.1 Å². The van der Waals surface area contributed by atoms with Crippen LogP contribution in [-0.2, 0) is 10.0 Å². The smallest absolute Gasteiger partial charge is 0.214 e. The van der Waals surface area contributed by atoms with Gasteiger partial charge in [-0.05, 0) is 18.7 Å². The van der Waals surface area contributed by atoms with Gasteiger partial charge in [0.2, 0.25) is 10.0 Å². The Morgan fingerprint density at radius 3 is 2.40 bits per heavy atom. The van der Waals surface area contributed by atoms with Crippen LogP contribution in [0.3, 0.4) is 0 Å². The number of benzene rings is 1. The Hall–Kier alpha value is -1.39. The van der Waals surface area contributed by atoms with Crippen molar-refractivity contribution in [2.75, 3.05) is 7.05 Å².